The third-order valence-electron chi connectivity index (χ3n) is 13.5. The van der Waals surface area contributed by atoms with Gasteiger partial charge in [0, 0.05) is 12.8 Å². The fourth-order valence-electron chi connectivity index (χ4n) is 9.07. The highest BCUT2D eigenvalue weighted by Crippen LogP contribution is 2.17. The molecule has 1 amide bonds. The van der Waals surface area contributed by atoms with Crippen LogP contribution in [0.3, 0.4) is 0 Å². The van der Waals surface area contributed by atoms with Crippen molar-refractivity contribution in [3.8, 4) is 0 Å². The number of rotatable bonds is 54. The predicted molar refractivity (Wildman–Crippen MR) is 283 cm³/mol. The summed E-state index contributed by atoms with van der Waals surface area (Å²) in [5.41, 5.74) is 0. The highest BCUT2D eigenvalue weighted by molar-refractivity contribution is 5.76. The second-order valence-corrected chi connectivity index (χ2v) is 20.0. The van der Waals surface area contributed by atoms with Gasteiger partial charge in [0.1, 0.15) is 0 Å². The van der Waals surface area contributed by atoms with Crippen LogP contribution >= 0.6 is 0 Å². The molecular formula is C59H113NO5. The molecule has 0 aromatic rings. The topological polar surface area (TPSA) is 95.9 Å². The van der Waals surface area contributed by atoms with E-state index in [9.17, 15) is 19.8 Å². The average molecular weight is 917 g/mol. The zero-order chi connectivity index (χ0) is 47.2. The van der Waals surface area contributed by atoms with Crippen LogP contribution in [-0.4, -0.2) is 47.4 Å². The molecule has 6 nitrogen and oxygen atoms in total. The van der Waals surface area contributed by atoms with E-state index in [2.05, 4.69) is 43.5 Å². The van der Waals surface area contributed by atoms with Gasteiger partial charge in [0.25, 0.3) is 0 Å². The van der Waals surface area contributed by atoms with Crippen LogP contribution in [0.2, 0.25) is 0 Å². The Kier molecular flexibility index (Phi) is 53.5. The van der Waals surface area contributed by atoms with Gasteiger partial charge in [0.05, 0.1) is 25.4 Å². The molecule has 0 bridgehead atoms. The summed E-state index contributed by atoms with van der Waals surface area (Å²) in [6, 6.07) is -0.544. The number of hydrogen-bond acceptors (Lipinski definition) is 5. The van der Waals surface area contributed by atoms with Crippen LogP contribution in [0.5, 0.6) is 0 Å². The second kappa shape index (κ2) is 54.9. The lowest BCUT2D eigenvalue weighted by Crippen LogP contribution is -2.45. The summed E-state index contributed by atoms with van der Waals surface area (Å²) in [5, 5.41) is 23.3. The van der Waals surface area contributed by atoms with Crippen molar-refractivity contribution >= 4 is 11.9 Å². The largest absolute Gasteiger partial charge is 0.465 e. The lowest BCUT2D eigenvalue weighted by atomic mass is 10.0. The Morgan fingerprint density at radius 1 is 0.431 bits per heavy atom. The van der Waals surface area contributed by atoms with Crippen LogP contribution in [0.4, 0.5) is 0 Å². The number of hydrogen-bond donors (Lipinski definition) is 3. The van der Waals surface area contributed by atoms with E-state index in [1.165, 1.54) is 231 Å². The van der Waals surface area contributed by atoms with Crippen molar-refractivity contribution < 1.29 is 24.5 Å². The molecule has 0 aliphatic rings. The Labute approximate surface area is 405 Å². The molecule has 0 aromatic carbocycles. The van der Waals surface area contributed by atoms with E-state index in [4.69, 9.17) is 4.74 Å². The number of carbonyl (C=O) groups excluding carboxylic acids is 2. The van der Waals surface area contributed by atoms with Crippen molar-refractivity contribution in [3.05, 3.63) is 24.3 Å². The van der Waals surface area contributed by atoms with Gasteiger partial charge >= 0.3 is 5.97 Å². The molecule has 2 atom stereocenters. The first-order chi connectivity index (χ1) is 32.0. The fourth-order valence-corrected chi connectivity index (χ4v) is 9.07. The minimum Gasteiger partial charge on any atom is -0.465 e. The minimum atomic E-state index is -0.667. The van der Waals surface area contributed by atoms with Crippen LogP contribution in [0.25, 0.3) is 0 Å². The molecule has 0 saturated carbocycles. The molecule has 65 heavy (non-hydrogen) atoms. The molecule has 0 fully saturated rings. The smallest absolute Gasteiger partial charge is 0.305 e. The van der Waals surface area contributed by atoms with Gasteiger partial charge < -0.3 is 20.3 Å². The van der Waals surface area contributed by atoms with E-state index < -0.39 is 12.1 Å². The zero-order valence-corrected chi connectivity index (χ0v) is 43.7. The monoisotopic (exact) mass is 916 g/mol. The van der Waals surface area contributed by atoms with Gasteiger partial charge in [-0.1, -0.05) is 282 Å². The van der Waals surface area contributed by atoms with E-state index >= 15 is 0 Å². The van der Waals surface area contributed by atoms with E-state index in [1.807, 2.05) is 0 Å². The lowest BCUT2D eigenvalue weighted by molar-refractivity contribution is -0.143. The zero-order valence-electron chi connectivity index (χ0n) is 43.7. The molecule has 384 valence electrons. The van der Waals surface area contributed by atoms with Crippen molar-refractivity contribution in [1.29, 1.82) is 0 Å². The number of carbonyl (C=O) groups is 2. The molecule has 0 aromatic heterocycles. The molecule has 0 aliphatic carbocycles. The number of ether oxygens (including phenoxy) is 1. The van der Waals surface area contributed by atoms with Crippen molar-refractivity contribution in [2.75, 3.05) is 13.2 Å². The Bertz CT molecular complexity index is 1010. The highest BCUT2D eigenvalue weighted by Gasteiger charge is 2.20. The van der Waals surface area contributed by atoms with E-state index in [-0.39, 0.29) is 18.5 Å². The SMILES string of the molecule is CCCCCCCCCCCCCCCCCC(O)C(CO)NC(=O)CCCCCCCCCCCCCCCC/C=C\C/C=C\CCOC(=O)CCCCCCCCCCCCCC. The maximum absolute atomic E-state index is 12.5. The fraction of sp³-hybridized carbons (Fsp3) is 0.898. The van der Waals surface area contributed by atoms with Crippen LogP contribution in [-0.2, 0) is 14.3 Å². The summed E-state index contributed by atoms with van der Waals surface area (Å²) in [5.74, 6) is -0.0725. The summed E-state index contributed by atoms with van der Waals surface area (Å²) < 4.78 is 5.40. The maximum Gasteiger partial charge on any atom is 0.305 e. The Balaban J connectivity index is 3.45. The van der Waals surface area contributed by atoms with Gasteiger partial charge in [0.2, 0.25) is 5.91 Å². The number of esters is 1. The van der Waals surface area contributed by atoms with E-state index in [0.717, 1.165) is 51.4 Å². The third-order valence-corrected chi connectivity index (χ3v) is 13.5. The molecule has 0 saturated heterocycles. The van der Waals surface area contributed by atoms with Gasteiger partial charge in [-0.25, -0.2) is 0 Å². The van der Waals surface area contributed by atoms with Crippen LogP contribution in [0.1, 0.15) is 316 Å². The van der Waals surface area contributed by atoms with Gasteiger partial charge in [-0.15, -0.1) is 0 Å². The number of amides is 1. The van der Waals surface area contributed by atoms with Crippen LogP contribution in [0.15, 0.2) is 24.3 Å². The first-order valence-corrected chi connectivity index (χ1v) is 29.1. The summed E-state index contributed by atoms with van der Waals surface area (Å²) in [6.45, 7) is 4.85. The van der Waals surface area contributed by atoms with Crippen molar-refractivity contribution in [1.82, 2.24) is 5.32 Å². The molecule has 0 heterocycles. The first-order valence-electron chi connectivity index (χ1n) is 29.1. The van der Waals surface area contributed by atoms with Crippen LogP contribution < -0.4 is 5.32 Å². The molecule has 2 unspecified atom stereocenters. The molecule has 0 rings (SSSR count). The van der Waals surface area contributed by atoms with Gasteiger partial charge in [0.15, 0.2) is 0 Å². The number of aliphatic hydroxyl groups excluding tert-OH is 2. The third kappa shape index (κ3) is 51.6. The molecule has 0 radical (unpaired) electrons. The maximum atomic E-state index is 12.5. The Morgan fingerprint density at radius 2 is 0.769 bits per heavy atom. The van der Waals surface area contributed by atoms with Crippen molar-refractivity contribution in [3.63, 3.8) is 0 Å². The minimum absolute atomic E-state index is 0.0343. The van der Waals surface area contributed by atoms with Gasteiger partial charge in [-0.05, 0) is 44.9 Å². The van der Waals surface area contributed by atoms with Gasteiger partial charge in [-0.3, -0.25) is 9.59 Å². The Morgan fingerprint density at radius 3 is 1.17 bits per heavy atom. The van der Waals surface area contributed by atoms with E-state index in [1.54, 1.807) is 0 Å². The summed E-state index contributed by atoms with van der Waals surface area (Å²) in [6.07, 6.45) is 66.1. The molecular weight excluding hydrogens is 803 g/mol. The van der Waals surface area contributed by atoms with Crippen LogP contribution in [0, 0.1) is 0 Å². The summed E-state index contributed by atoms with van der Waals surface area (Å²) in [7, 11) is 0. The average Bonchev–Trinajstić information content (AvgIpc) is 3.31. The van der Waals surface area contributed by atoms with Crippen molar-refractivity contribution in [2.24, 2.45) is 0 Å². The number of allylic oxidation sites excluding steroid dienone is 3. The summed E-state index contributed by atoms with van der Waals surface area (Å²) >= 11 is 0. The number of unbranched alkanes of at least 4 members (excludes halogenated alkanes) is 39. The second-order valence-electron chi connectivity index (χ2n) is 20.0. The molecule has 3 N–H and O–H groups in total. The van der Waals surface area contributed by atoms with Gasteiger partial charge in [-0.2, -0.15) is 0 Å². The first kappa shape index (κ1) is 63.3. The highest BCUT2D eigenvalue weighted by atomic mass is 16.5. The number of nitrogens with one attached hydrogen (secondary N) is 1. The quantitative estimate of drug-likeness (QED) is 0.0321. The van der Waals surface area contributed by atoms with E-state index in [0.29, 0.717) is 25.9 Å². The van der Waals surface area contributed by atoms with Crippen molar-refractivity contribution in [2.45, 2.75) is 328 Å². The predicted octanol–water partition coefficient (Wildman–Crippen LogP) is 17.9. The summed E-state index contributed by atoms with van der Waals surface area (Å²) in [4.78, 5) is 24.4. The Hall–Kier alpha value is -1.66. The number of aliphatic hydroxyl groups is 2. The standard InChI is InChI=1S/C59H113NO5/c1-3-5-7-9-11-13-15-17-25-28-31-35-39-43-47-51-57(62)56(55-61)60-58(63)52-48-44-40-36-32-29-26-23-21-19-18-20-22-24-27-30-34-38-42-46-50-54-65-59(64)53-49-45-41-37-33-16-14-12-10-8-6-4-2/h30,34,42,46,56-57,61-62H,3-29,31-33,35-41,43-45,47-55H2,1-2H3,(H,60,63)/b34-30-,46-42-. The lowest BCUT2D eigenvalue weighted by Gasteiger charge is -2.22. The normalized spacial score (nSPS) is 12.7. The molecule has 6 heteroatoms. The molecule has 0 aliphatic heterocycles. The molecule has 0 spiro atoms.